The van der Waals surface area contributed by atoms with Gasteiger partial charge >= 0.3 is 0 Å². The van der Waals surface area contributed by atoms with E-state index in [1.807, 2.05) is 23.7 Å². The van der Waals surface area contributed by atoms with Crippen molar-refractivity contribution < 1.29 is 13.2 Å². The lowest BCUT2D eigenvalue weighted by molar-refractivity contribution is -0.118. The van der Waals surface area contributed by atoms with Crippen LogP contribution < -0.4 is 10.0 Å². The Bertz CT molecular complexity index is 1040. The van der Waals surface area contributed by atoms with E-state index in [-0.39, 0.29) is 5.92 Å². The Kier molecular flexibility index (Phi) is 5.08. The number of amides is 1. The molecule has 0 bridgehead atoms. The molecule has 0 saturated heterocycles. The Balaban J connectivity index is 1.80. The lowest BCUT2D eigenvalue weighted by Gasteiger charge is -2.19. The van der Waals surface area contributed by atoms with Crippen molar-refractivity contribution in [3.8, 4) is 11.3 Å². The first kappa shape index (κ1) is 18.5. The summed E-state index contributed by atoms with van der Waals surface area (Å²) in [6.07, 6.45) is 4.55. The number of nitrogens with one attached hydrogen (secondary N) is 3. The molecule has 1 amide bonds. The molecule has 138 valence electrons. The van der Waals surface area contributed by atoms with Crippen LogP contribution in [0.2, 0.25) is 0 Å². The summed E-state index contributed by atoms with van der Waals surface area (Å²) in [7, 11) is -3.50. The zero-order valence-corrected chi connectivity index (χ0v) is 16.1. The Morgan fingerprint density at radius 1 is 1.35 bits per heavy atom. The molecule has 0 aromatic carbocycles. The van der Waals surface area contributed by atoms with Crippen molar-refractivity contribution >= 4 is 43.4 Å². The van der Waals surface area contributed by atoms with Crippen LogP contribution in [0.1, 0.15) is 13.8 Å². The minimum Gasteiger partial charge on any atom is -0.345 e. The lowest BCUT2D eigenvalue weighted by atomic mass is 10.1. The smallest absolute Gasteiger partial charge is 0.244 e. The molecule has 0 saturated carbocycles. The first-order chi connectivity index (χ1) is 12.2. The SMILES string of the molecule is CC(C)[C@H](NS(C)(=O)=O)C(=O)Nc1nc(-c2c[nH]c3ncccc23)cs1. The number of hydrogen-bond donors (Lipinski definition) is 3. The second kappa shape index (κ2) is 7.14. The highest BCUT2D eigenvalue weighted by atomic mass is 32.2. The number of rotatable bonds is 6. The molecule has 26 heavy (non-hydrogen) atoms. The molecule has 10 heteroatoms. The summed E-state index contributed by atoms with van der Waals surface area (Å²) in [5.41, 5.74) is 2.36. The molecule has 0 aliphatic carbocycles. The molecule has 8 nitrogen and oxygen atoms in total. The molecular formula is C16H19N5O3S2. The Morgan fingerprint density at radius 3 is 2.81 bits per heavy atom. The Labute approximate surface area is 155 Å². The third-order valence-electron chi connectivity index (χ3n) is 3.75. The van der Waals surface area contributed by atoms with Gasteiger partial charge in [0.05, 0.1) is 11.9 Å². The zero-order chi connectivity index (χ0) is 18.9. The summed E-state index contributed by atoms with van der Waals surface area (Å²) in [6, 6.07) is 2.92. The molecule has 0 spiro atoms. The number of pyridine rings is 1. The number of sulfonamides is 1. The highest BCUT2D eigenvalue weighted by Gasteiger charge is 2.26. The second-order valence-corrected chi connectivity index (χ2v) is 8.88. The van der Waals surface area contributed by atoms with Crippen LogP contribution in [0.5, 0.6) is 0 Å². The van der Waals surface area contributed by atoms with Gasteiger partial charge in [-0.3, -0.25) is 4.79 Å². The van der Waals surface area contributed by atoms with E-state index in [0.717, 1.165) is 22.9 Å². The monoisotopic (exact) mass is 393 g/mol. The van der Waals surface area contributed by atoms with Crippen molar-refractivity contribution in [2.75, 3.05) is 11.6 Å². The molecule has 3 N–H and O–H groups in total. The molecule has 1 atom stereocenters. The van der Waals surface area contributed by atoms with Gasteiger partial charge in [-0.25, -0.2) is 23.1 Å². The molecule has 3 heterocycles. The molecule has 0 fully saturated rings. The number of fused-ring (bicyclic) bond motifs is 1. The molecular weight excluding hydrogens is 374 g/mol. The minimum atomic E-state index is -3.50. The Morgan fingerprint density at radius 2 is 2.12 bits per heavy atom. The number of aromatic amines is 1. The topological polar surface area (TPSA) is 117 Å². The summed E-state index contributed by atoms with van der Waals surface area (Å²) >= 11 is 1.28. The van der Waals surface area contributed by atoms with Gasteiger partial charge in [-0.15, -0.1) is 11.3 Å². The minimum absolute atomic E-state index is 0.205. The standard InChI is InChI=1S/C16H19N5O3S2/c1-9(2)13(21-26(3,23)24)15(22)20-16-19-12(8-25-16)11-7-18-14-10(11)5-4-6-17-14/h4-9,13,21H,1-3H3,(H,17,18)(H,19,20,22)/t13-/m0/s1. The number of carbonyl (C=O) groups is 1. The summed E-state index contributed by atoms with van der Waals surface area (Å²) < 4.78 is 25.3. The van der Waals surface area contributed by atoms with Crippen LogP contribution in [0.3, 0.4) is 0 Å². The lowest BCUT2D eigenvalue weighted by Crippen LogP contribution is -2.46. The number of hydrogen-bond acceptors (Lipinski definition) is 6. The van der Waals surface area contributed by atoms with Crippen molar-refractivity contribution in [1.82, 2.24) is 19.7 Å². The van der Waals surface area contributed by atoms with Gasteiger partial charge in [0, 0.05) is 28.7 Å². The van der Waals surface area contributed by atoms with Gasteiger partial charge in [-0.1, -0.05) is 13.8 Å². The maximum Gasteiger partial charge on any atom is 0.244 e. The second-order valence-electron chi connectivity index (χ2n) is 6.24. The van der Waals surface area contributed by atoms with Crippen LogP contribution >= 0.6 is 11.3 Å². The van der Waals surface area contributed by atoms with E-state index < -0.39 is 22.0 Å². The largest absolute Gasteiger partial charge is 0.345 e. The molecule has 3 aromatic heterocycles. The van der Waals surface area contributed by atoms with E-state index in [0.29, 0.717) is 10.8 Å². The third-order valence-corrected chi connectivity index (χ3v) is 5.19. The zero-order valence-electron chi connectivity index (χ0n) is 14.5. The van der Waals surface area contributed by atoms with E-state index in [2.05, 4.69) is 25.0 Å². The number of carbonyl (C=O) groups excluding carboxylic acids is 1. The number of H-pyrrole nitrogens is 1. The predicted molar refractivity (Wildman–Crippen MR) is 102 cm³/mol. The summed E-state index contributed by atoms with van der Waals surface area (Å²) in [5, 5.41) is 5.87. The van der Waals surface area contributed by atoms with E-state index >= 15 is 0 Å². The quantitative estimate of drug-likeness (QED) is 0.593. The first-order valence-corrected chi connectivity index (χ1v) is 10.7. The van der Waals surface area contributed by atoms with Crippen molar-refractivity contribution in [2.45, 2.75) is 19.9 Å². The number of thiazole rings is 1. The Hall–Kier alpha value is -2.30. The number of nitrogens with zero attached hydrogens (tertiary/aromatic N) is 2. The highest BCUT2D eigenvalue weighted by molar-refractivity contribution is 7.88. The van der Waals surface area contributed by atoms with Crippen LogP contribution in [0.4, 0.5) is 5.13 Å². The highest BCUT2D eigenvalue weighted by Crippen LogP contribution is 2.30. The third kappa shape index (κ3) is 4.09. The molecule has 3 rings (SSSR count). The maximum atomic E-state index is 12.5. The van der Waals surface area contributed by atoms with Gasteiger partial charge < -0.3 is 10.3 Å². The fourth-order valence-corrected chi connectivity index (χ4v) is 4.08. The van der Waals surface area contributed by atoms with Crippen molar-refractivity contribution in [1.29, 1.82) is 0 Å². The van der Waals surface area contributed by atoms with Gasteiger partial charge in [0.2, 0.25) is 15.9 Å². The van der Waals surface area contributed by atoms with Crippen molar-refractivity contribution in [2.24, 2.45) is 5.92 Å². The van der Waals surface area contributed by atoms with Crippen molar-refractivity contribution in [3.63, 3.8) is 0 Å². The molecule has 0 unspecified atom stereocenters. The van der Waals surface area contributed by atoms with Gasteiger partial charge in [0.1, 0.15) is 11.7 Å². The van der Waals surface area contributed by atoms with Crippen LogP contribution in [0, 0.1) is 5.92 Å². The fourth-order valence-electron chi connectivity index (χ4n) is 2.53. The van der Waals surface area contributed by atoms with Gasteiger partial charge in [0.25, 0.3) is 0 Å². The van der Waals surface area contributed by atoms with Gasteiger partial charge in [-0.2, -0.15) is 0 Å². The van der Waals surface area contributed by atoms with Gasteiger partial charge in [-0.05, 0) is 18.1 Å². The van der Waals surface area contributed by atoms with Crippen molar-refractivity contribution in [3.05, 3.63) is 29.9 Å². The molecule has 3 aromatic rings. The first-order valence-electron chi connectivity index (χ1n) is 7.91. The molecule has 0 aliphatic heterocycles. The number of aromatic nitrogens is 3. The summed E-state index contributed by atoms with van der Waals surface area (Å²) in [4.78, 5) is 24.2. The molecule has 0 radical (unpaired) electrons. The maximum absolute atomic E-state index is 12.5. The van der Waals surface area contributed by atoms with Crippen LogP contribution in [-0.2, 0) is 14.8 Å². The van der Waals surface area contributed by atoms with E-state index in [4.69, 9.17) is 0 Å². The van der Waals surface area contributed by atoms with Crippen LogP contribution in [-0.4, -0.2) is 41.6 Å². The van der Waals surface area contributed by atoms with E-state index in [1.165, 1.54) is 11.3 Å². The fraction of sp³-hybridized carbons (Fsp3) is 0.312. The molecule has 0 aliphatic rings. The average molecular weight is 393 g/mol. The summed E-state index contributed by atoms with van der Waals surface area (Å²) in [5.74, 6) is -0.643. The summed E-state index contributed by atoms with van der Waals surface area (Å²) in [6.45, 7) is 3.54. The number of anilines is 1. The van der Waals surface area contributed by atoms with Crippen LogP contribution in [0.25, 0.3) is 22.3 Å². The van der Waals surface area contributed by atoms with Gasteiger partial charge in [0.15, 0.2) is 5.13 Å². The van der Waals surface area contributed by atoms with E-state index in [9.17, 15) is 13.2 Å². The van der Waals surface area contributed by atoms with Crippen LogP contribution in [0.15, 0.2) is 29.9 Å². The van der Waals surface area contributed by atoms with E-state index in [1.54, 1.807) is 20.0 Å². The average Bonchev–Trinajstić information content (AvgIpc) is 3.17. The predicted octanol–water partition coefficient (Wildman–Crippen LogP) is 2.20. The normalized spacial score (nSPS) is 13.2.